The van der Waals surface area contributed by atoms with E-state index in [0.29, 0.717) is 10.6 Å². The molecule has 0 aliphatic heterocycles. The second-order valence-electron chi connectivity index (χ2n) is 7.40. The summed E-state index contributed by atoms with van der Waals surface area (Å²) in [7, 11) is 1.28. The molecule has 0 bridgehead atoms. The highest BCUT2D eigenvalue weighted by Crippen LogP contribution is 2.38. The van der Waals surface area contributed by atoms with Crippen LogP contribution in [0.2, 0.25) is 0 Å². The number of hydrogen-bond donors (Lipinski definition) is 1. The lowest BCUT2D eigenvalue weighted by molar-refractivity contribution is -0.141. The van der Waals surface area contributed by atoms with Gasteiger partial charge in [0.1, 0.15) is 5.00 Å². The van der Waals surface area contributed by atoms with Gasteiger partial charge in [-0.15, -0.1) is 11.3 Å². The van der Waals surface area contributed by atoms with Crippen LogP contribution in [-0.4, -0.2) is 31.6 Å². The van der Waals surface area contributed by atoms with Gasteiger partial charge in [-0.05, 0) is 30.7 Å². The molecule has 1 heterocycles. The third kappa shape index (κ3) is 7.15. The average molecular weight is 384 g/mol. The Hall–Kier alpha value is -1.89. The van der Waals surface area contributed by atoms with E-state index in [0.717, 1.165) is 11.3 Å². The number of amides is 1. The summed E-state index contributed by atoms with van der Waals surface area (Å²) in [5.74, 6) is -0.996. The normalized spacial score (nSPS) is 12.4. The minimum Gasteiger partial charge on any atom is -0.469 e. The van der Waals surface area contributed by atoms with Crippen molar-refractivity contribution in [2.45, 2.75) is 59.8 Å². The number of methoxy groups -OCH3 is 1. The highest BCUT2D eigenvalue weighted by Gasteiger charge is 2.24. The van der Waals surface area contributed by atoms with E-state index in [-0.39, 0.29) is 36.7 Å². The quantitative estimate of drug-likeness (QED) is 0.675. The summed E-state index contributed by atoms with van der Waals surface area (Å²) in [6, 6.07) is 1.80. The van der Waals surface area contributed by atoms with Crippen LogP contribution < -0.4 is 5.32 Å². The van der Waals surface area contributed by atoms with Crippen molar-refractivity contribution >= 4 is 34.2 Å². The van der Waals surface area contributed by atoms with Crippen LogP contribution in [0.1, 0.15) is 75.0 Å². The van der Waals surface area contributed by atoms with E-state index in [2.05, 4.69) is 37.7 Å². The molecule has 0 fully saturated rings. The molecule has 146 valence electrons. The van der Waals surface area contributed by atoms with Crippen LogP contribution in [0.15, 0.2) is 6.07 Å². The van der Waals surface area contributed by atoms with E-state index in [1.54, 1.807) is 13.0 Å². The van der Waals surface area contributed by atoms with Crippen LogP contribution in [0.5, 0.6) is 0 Å². The highest BCUT2D eigenvalue weighted by molar-refractivity contribution is 7.16. The highest BCUT2D eigenvalue weighted by atomic mass is 32.1. The Balaban J connectivity index is 2.98. The number of nitrogens with one attached hydrogen (secondary N) is 1. The zero-order valence-electron chi connectivity index (χ0n) is 16.4. The Morgan fingerprint density at radius 1 is 1.23 bits per heavy atom. The maximum atomic E-state index is 12.2. The average Bonchev–Trinajstić information content (AvgIpc) is 2.95. The Morgan fingerprint density at radius 3 is 2.42 bits per heavy atom. The molecule has 0 aliphatic rings. The number of carbonyl (C=O) groups is 3. The molecule has 6 nitrogen and oxygen atoms in total. The SMILES string of the molecule is CCOC(=O)c1cc([C@H](C)CC(C)(C)C)sc1NC(=O)CCC(=O)OC. The third-order valence-electron chi connectivity index (χ3n) is 3.69. The monoisotopic (exact) mass is 383 g/mol. The molecule has 0 saturated carbocycles. The van der Waals surface area contributed by atoms with Gasteiger partial charge in [-0.25, -0.2) is 4.79 Å². The first-order valence-electron chi connectivity index (χ1n) is 8.75. The molecule has 0 saturated heterocycles. The van der Waals surface area contributed by atoms with E-state index < -0.39 is 11.9 Å². The molecule has 0 unspecified atom stereocenters. The van der Waals surface area contributed by atoms with E-state index in [9.17, 15) is 14.4 Å². The van der Waals surface area contributed by atoms with Gasteiger partial charge in [-0.3, -0.25) is 9.59 Å². The summed E-state index contributed by atoms with van der Waals surface area (Å²) in [4.78, 5) is 36.5. The molecule has 1 amide bonds. The van der Waals surface area contributed by atoms with Crippen LogP contribution in [0.25, 0.3) is 0 Å². The summed E-state index contributed by atoms with van der Waals surface area (Å²) in [6.07, 6.45) is 0.945. The number of rotatable bonds is 8. The Bertz CT molecular complexity index is 645. The van der Waals surface area contributed by atoms with Gasteiger partial charge in [0, 0.05) is 11.3 Å². The summed E-state index contributed by atoms with van der Waals surface area (Å²) in [5, 5.41) is 3.21. The topological polar surface area (TPSA) is 81.7 Å². The Morgan fingerprint density at radius 2 is 1.88 bits per heavy atom. The lowest BCUT2D eigenvalue weighted by Gasteiger charge is -2.22. The predicted octanol–water partition coefficient (Wildman–Crippen LogP) is 4.36. The van der Waals surface area contributed by atoms with E-state index >= 15 is 0 Å². The van der Waals surface area contributed by atoms with Crippen molar-refractivity contribution in [2.24, 2.45) is 5.41 Å². The molecule has 26 heavy (non-hydrogen) atoms. The maximum absolute atomic E-state index is 12.2. The van der Waals surface area contributed by atoms with E-state index in [4.69, 9.17) is 4.74 Å². The zero-order valence-corrected chi connectivity index (χ0v) is 17.2. The number of esters is 2. The molecule has 1 aromatic rings. The van der Waals surface area contributed by atoms with Gasteiger partial charge in [-0.2, -0.15) is 0 Å². The molecule has 1 atom stereocenters. The first-order valence-corrected chi connectivity index (χ1v) is 9.56. The standard InChI is InChI=1S/C19H29NO5S/c1-7-25-18(23)13-10-14(12(2)11-19(3,4)5)26-17(13)20-15(21)8-9-16(22)24-6/h10,12H,7-9,11H2,1-6H3,(H,20,21)/t12-/m1/s1. The van der Waals surface area contributed by atoms with Crippen molar-refractivity contribution < 1.29 is 23.9 Å². The van der Waals surface area contributed by atoms with Crippen LogP contribution in [-0.2, 0) is 19.1 Å². The molecule has 0 spiro atoms. The van der Waals surface area contributed by atoms with Crippen LogP contribution >= 0.6 is 11.3 Å². The predicted molar refractivity (Wildman–Crippen MR) is 103 cm³/mol. The van der Waals surface area contributed by atoms with E-state index in [1.165, 1.54) is 18.4 Å². The Labute approximate surface area is 159 Å². The fourth-order valence-corrected chi connectivity index (χ4v) is 3.75. The number of ether oxygens (including phenoxy) is 2. The van der Waals surface area contributed by atoms with Crippen LogP contribution in [0, 0.1) is 5.41 Å². The first kappa shape index (κ1) is 22.2. The van der Waals surface area contributed by atoms with Gasteiger partial charge in [-0.1, -0.05) is 27.7 Å². The fraction of sp³-hybridized carbons (Fsp3) is 0.632. The lowest BCUT2D eigenvalue weighted by atomic mass is 9.85. The van der Waals surface area contributed by atoms with Crippen molar-refractivity contribution in [2.75, 3.05) is 19.0 Å². The van der Waals surface area contributed by atoms with Gasteiger partial charge >= 0.3 is 11.9 Å². The molecule has 0 radical (unpaired) electrons. The van der Waals surface area contributed by atoms with Crippen molar-refractivity contribution in [1.29, 1.82) is 0 Å². The second-order valence-corrected chi connectivity index (χ2v) is 8.49. The van der Waals surface area contributed by atoms with Crippen molar-refractivity contribution in [3.63, 3.8) is 0 Å². The smallest absolute Gasteiger partial charge is 0.341 e. The van der Waals surface area contributed by atoms with Gasteiger partial charge in [0.15, 0.2) is 0 Å². The second kappa shape index (κ2) is 9.71. The van der Waals surface area contributed by atoms with Crippen molar-refractivity contribution in [1.82, 2.24) is 0 Å². The summed E-state index contributed by atoms with van der Waals surface area (Å²) in [5.41, 5.74) is 0.510. The minimum absolute atomic E-state index is 0.000281. The Kier molecular flexibility index (Phi) is 8.27. The largest absolute Gasteiger partial charge is 0.469 e. The molecular formula is C19H29NO5S. The van der Waals surface area contributed by atoms with Crippen molar-refractivity contribution in [3.8, 4) is 0 Å². The van der Waals surface area contributed by atoms with E-state index in [1.807, 2.05) is 0 Å². The zero-order chi connectivity index (χ0) is 19.9. The maximum Gasteiger partial charge on any atom is 0.341 e. The first-order chi connectivity index (χ1) is 12.1. The van der Waals surface area contributed by atoms with Crippen molar-refractivity contribution in [3.05, 3.63) is 16.5 Å². The van der Waals surface area contributed by atoms with Crippen LogP contribution in [0.3, 0.4) is 0 Å². The number of carbonyl (C=O) groups excluding carboxylic acids is 3. The number of thiophene rings is 1. The van der Waals surface area contributed by atoms with Crippen LogP contribution in [0.4, 0.5) is 5.00 Å². The minimum atomic E-state index is -0.457. The molecule has 1 rings (SSSR count). The molecule has 1 N–H and O–H groups in total. The molecular weight excluding hydrogens is 354 g/mol. The molecule has 0 aromatic carbocycles. The lowest BCUT2D eigenvalue weighted by Crippen LogP contribution is -2.15. The summed E-state index contributed by atoms with van der Waals surface area (Å²) in [6.45, 7) is 10.6. The van der Waals surface area contributed by atoms with Gasteiger partial charge < -0.3 is 14.8 Å². The molecule has 0 aliphatic carbocycles. The molecule has 1 aromatic heterocycles. The summed E-state index contributed by atoms with van der Waals surface area (Å²) >= 11 is 1.38. The third-order valence-corrected chi connectivity index (χ3v) is 4.97. The number of hydrogen-bond acceptors (Lipinski definition) is 6. The van der Waals surface area contributed by atoms with Gasteiger partial charge in [0.2, 0.25) is 5.91 Å². The fourth-order valence-electron chi connectivity index (χ4n) is 2.63. The van der Waals surface area contributed by atoms with Gasteiger partial charge in [0.05, 0.1) is 25.7 Å². The number of anilines is 1. The summed E-state index contributed by atoms with van der Waals surface area (Å²) < 4.78 is 9.64. The molecule has 7 heteroatoms. The van der Waals surface area contributed by atoms with Gasteiger partial charge in [0.25, 0.3) is 0 Å².